The van der Waals surface area contributed by atoms with E-state index in [0.29, 0.717) is 20.4 Å². The number of aromatic nitrogens is 4. The van der Waals surface area contributed by atoms with Crippen molar-refractivity contribution in [3.63, 3.8) is 0 Å². The number of carbonyl (C=O) groups excluding carboxylic acids is 2. The second kappa shape index (κ2) is 8.46. The Bertz CT molecular complexity index is 1040. The average molecular weight is 497 g/mol. The van der Waals surface area contributed by atoms with E-state index in [9.17, 15) is 14.0 Å². The summed E-state index contributed by atoms with van der Waals surface area (Å²) < 4.78 is 13.8. The van der Waals surface area contributed by atoms with Crippen molar-refractivity contribution in [1.82, 2.24) is 30.4 Å². The van der Waals surface area contributed by atoms with Crippen LogP contribution < -0.4 is 10.6 Å². The number of H-pyrrole nitrogens is 1. The summed E-state index contributed by atoms with van der Waals surface area (Å²) in [6.45, 7) is 0.263. The van der Waals surface area contributed by atoms with Gasteiger partial charge in [0.1, 0.15) is 23.2 Å². The van der Waals surface area contributed by atoms with Gasteiger partial charge in [-0.25, -0.2) is 14.4 Å². The maximum absolute atomic E-state index is 13.3. The first-order valence-corrected chi connectivity index (χ1v) is 9.30. The van der Waals surface area contributed by atoms with Gasteiger partial charge in [0.05, 0.1) is 6.54 Å². The Morgan fingerprint density at radius 3 is 2.79 bits per heavy atom. The Morgan fingerprint density at radius 2 is 2.07 bits per heavy atom. The number of nitrogens with zero attached hydrogens (tertiary/aromatic N) is 4. The number of amides is 2. The molecule has 0 saturated carbocycles. The van der Waals surface area contributed by atoms with Crippen LogP contribution in [0.5, 0.6) is 0 Å². The summed E-state index contributed by atoms with van der Waals surface area (Å²) >= 11 is 1.89. The summed E-state index contributed by atoms with van der Waals surface area (Å²) in [5.41, 5.74) is 1.65. The molecule has 146 valence electrons. The normalized spacial score (nSPS) is 10.7. The van der Waals surface area contributed by atoms with Crippen LogP contribution in [-0.2, 0) is 11.3 Å². The molecule has 0 aliphatic rings. The quantitative estimate of drug-likeness (QED) is 0.445. The third kappa shape index (κ3) is 4.35. The van der Waals surface area contributed by atoms with E-state index in [1.54, 1.807) is 26.2 Å². The summed E-state index contributed by atoms with van der Waals surface area (Å²) in [6, 6.07) is 4.62. The van der Waals surface area contributed by atoms with E-state index in [2.05, 4.69) is 30.8 Å². The molecule has 3 N–H and O–H groups in total. The molecule has 11 heteroatoms. The zero-order valence-corrected chi connectivity index (χ0v) is 17.2. The van der Waals surface area contributed by atoms with Gasteiger partial charge in [0.2, 0.25) is 5.91 Å². The molecule has 0 spiro atoms. The molecule has 1 aromatic carbocycles. The molecule has 0 atom stereocenters. The first kappa shape index (κ1) is 19.9. The van der Waals surface area contributed by atoms with Crippen molar-refractivity contribution in [3.8, 4) is 0 Å². The van der Waals surface area contributed by atoms with Gasteiger partial charge in [-0.05, 0) is 40.3 Å². The molecule has 0 aliphatic carbocycles. The molecule has 0 bridgehead atoms. The second-order valence-electron chi connectivity index (χ2n) is 6.09. The van der Waals surface area contributed by atoms with Crippen LogP contribution in [0.1, 0.15) is 16.1 Å². The van der Waals surface area contributed by atoms with Gasteiger partial charge in [0.25, 0.3) is 5.91 Å². The Kier molecular flexibility index (Phi) is 6.02. The van der Waals surface area contributed by atoms with Crippen molar-refractivity contribution >= 4 is 51.3 Å². The van der Waals surface area contributed by atoms with E-state index in [1.807, 2.05) is 22.6 Å². The highest BCUT2D eigenvalue weighted by Crippen LogP contribution is 2.19. The van der Waals surface area contributed by atoms with Crippen LogP contribution in [0.25, 0.3) is 11.0 Å². The van der Waals surface area contributed by atoms with Gasteiger partial charge in [0, 0.05) is 24.2 Å². The molecule has 9 nitrogen and oxygen atoms in total. The van der Waals surface area contributed by atoms with Crippen molar-refractivity contribution in [2.24, 2.45) is 0 Å². The molecule has 0 radical (unpaired) electrons. The predicted molar refractivity (Wildman–Crippen MR) is 109 cm³/mol. The lowest BCUT2D eigenvalue weighted by Crippen LogP contribution is -2.28. The highest BCUT2D eigenvalue weighted by Gasteiger charge is 2.18. The number of hydrogen-bond donors (Lipinski definition) is 3. The lowest BCUT2D eigenvalue weighted by Gasteiger charge is -2.10. The lowest BCUT2D eigenvalue weighted by molar-refractivity contribution is -0.126. The van der Waals surface area contributed by atoms with Crippen LogP contribution in [0.4, 0.5) is 10.2 Å². The highest BCUT2D eigenvalue weighted by molar-refractivity contribution is 14.1. The number of rotatable bonds is 6. The molecule has 0 unspecified atom stereocenters. The Labute approximate surface area is 173 Å². The van der Waals surface area contributed by atoms with Gasteiger partial charge in [-0.2, -0.15) is 5.10 Å². The fourth-order valence-corrected chi connectivity index (χ4v) is 2.94. The van der Waals surface area contributed by atoms with Crippen LogP contribution in [0.15, 0.2) is 24.5 Å². The topological polar surface area (TPSA) is 116 Å². The predicted octanol–water partition coefficient (Wildman–Crippen LogP) is 1.53. The fourth-order valence-electron chi connectivity index (χ4n) is 2.36. The minimum Gasteiger partial charge on any atom is -0.358 e. The molecule has 0 saturated heterocycles. The molecular weight excluding hydrogens is 480 g/mol. The third-order valence-corrected chi connectivity index (χ3v) is 4.74. The molecule has 2 aromatic heterocycles. The highest BCUT2D eigenvalue weighted by atomic mass is 127. The number of halogens is 2. The number of nitrogens with one attached hydrogen (secondary N) is 3. The van der Waals surface area contributed by atoms with Crippen molar-refractivity contribution in [1.29, 1.82) is 0 Å². The summed E-state index contributed by atoms with van der Waals surface area (Å²) in [5, 5.41) is 12.4. The van der Waals surface area contributed by atoms with Crippen LogP contribution in [0, 0.1) is 9.39 Å². The smallest absolute Gasteiger partial charge is 0.272 e. The monoisotopic (exact) mass is 497 g/mol. The van der Waals surface area contributed by atoms with Crippen LogP contribution in [-0.4, -0.2) is 57.5 Å². The number of likely N-dealkylation sites (N-methyl/N-ethyl adjacent to an activating group) is 1. The van der Waals surface area contributed by atoms with Crippen molar-refractivity contribution in [2.45, 2.75) is 6.54 Å². The van der Waals surface area contributed by atoms with E-state index in [4.69, 9.17) is 0 Å². The second-order valence-corrected chi connectivity index (χ2v) is 7.25. The zero-order chi connectivity index (χ0) is 20.3. The van der Waals surface area contributed by atoms with Crippen molar-refractivity contribution in [2.75, 3.05) is 26.0 Å². The number of aromatic amines is 1. The van der Waals surface area contributed by atoms with E-state index >= 15 is 0 Å². The van der Waals surface area contributed by atoms with Crippen molar-refractivity contribution < 1.29 is 14.0 Å². The van der Waals surface area contributed by atoms with Gasteiger partial charge < -0.3 is 15.5 Å². The van der Waals surface area contributed by atoms with E-state index < -0.39 is 5.91 Å². The van der Waals surface area contributed by atoms with Crippen LogP contribution >= 0.6 is 22.6 Å². The van der Waals surface area contributed by atoms with E-state index in [0.717, 1.165) is 5.56 Å². The van der Waals surface area contributed by atoms with Crippen molar-refractivity contribution in [3.05, 3.63) is 45.2 Å². The molecule has 2 amide bonds. The number of fused-ring (bicyclic) bond motifs is 1. The first-order chi connectivity index (χ1) is 13.4. The number of benzene rings is 1. The summed E-state index contributed by atoms with van der Waals surface area (Å²) in [7, 11) is 3.30. The number of hydrogen-bond acceptors (Lipinski definition) is 6. The van der Waals surface area contributed by atoms with E-state index in [1.165, 1.54) is 17.3 Å². The van der Waals surface area contributed by atoms with Gasteiger partial charge in [0.15, 0.2) is 11.5 Å². The first-order valence-electron chi connectivity index (χ1n) is 8.22. The van der Waals surface area contributed by atoms with Gasteiger partial charge in [-0.15, -0.1) is 0 Å². The number of carbonyl (C=O) groups is 2. The third-order valence-electron chi connectivity index (χ3n) is 3.91. The van der Waals surface area contributed by atoms with Gasteiger partial charge in [-0.3, -0.25) is 14.7 Å². The summed E-state index contributed by atoms with van der Waals surface area (Å²) in [6.07, 6.45) is 1.26. The van der Waals surface area contributed by atoms with Crippen LogP contribution in [0.2, 0.25) is 0 Å². The van der Waals surface area contributed by atoms with Gasteiger partial charge in [-0.1, -0.05) is 6.07 Å². The minimum absolute atomic E-state index is 0.0433. The maximum atomic E-state index is 13.3. The Balaban J connectivity index is 1.74. The largest absolute Gasteiger partial charge is 0.358 e. The molecule has 0 aliphatic heterocycles. The Hall–Kier alpha value is -2.83. The van der Waals surface area contributed by atoms with Crippen LogP contribution in [0.3, 0.4) is 0 Å². The molecular formula is C17H17FIN7O2. The molecule has 28 heavy (non-hydrogen) atoms. The van der Waals surface area contributed by atoms with Gasteiger partial charge >= 0.3 is 0 Å². The molecule has 0 fully saturated rings. The Morgan fingerprint density at radius 1 is 1.29 bits per heavy atom. The number of anilines is 1. The molecule has 3 rings (SSSR count). The summed E-state index contributed by atoms with van der Waals surface area (Å²) in [5.74, 6) is -0.503. The molecule has 2 heterocycles. The zero-order valence-electron chi connectivity index (χ0n) is 15.1. The average Bonchev–Trinajstić information content (AvgIpc) is 3.09. The lowest BCUT2D eigenvalue weighted by atomic mass is 10.2. The standard InChI is InChI=1S/C17H17FIN7O2/c1-26(2)12(27)7-20-16-14-13(24-25-16)15(23-8-22-14)17(28)21-6-9-3-4-10(18)11(19)5-9/h3-5,8H,6-7H2,1-2H3,(H,21,28)(H2,20,24,25). The molecule has 3 aromatic rings. The maximum Gasteiger partial charge on any atom is 0.272 e. The summed E-state index contributed by atoms with van der Waals surface area (Å²) in [4.78, 5) is 33.9. The SMILES string of the molecule is CN(C)C(=O)CNc1n[nH]c2c(C(=O)NCc3ccc(F)c(I)c3)ncnc12. The van der Waals surface area contributed by atoms with E-state index in [-0.39, 0.29) is 30.5 Å². The fraction of sp³-hybridized carbons (Fsp3) is 0.235. The minimum atomic E-state index is -0.425.